The van der Waals surface area contributed by atoms with Gasteiger partial charge in [0.25, 0.3) is 0 Å². The van der Waals surface area contributed by atoms with Gasteiger partial charge in [-0.1, -0.05) is 42.0 Å². The fourth-order valence-electron chi connectivity index (χ4n) is 3.75. The van der Waals surface area contributed by atoms with E-state index < -0.39 is 0 Å². The highest BCUT2D eigenvalue weighted by atomic mass is 127. The number of aliphatic imine (C=N–C) groups is 1. The number of hydrogen-bond acceptors (Lipinski definition) is 3. The van der Waals surface area contributed by atoms with Crippen LogP contribution >= 0.6 is 24.0 Å². The van der Waals surface area contributed by atoms with E-state index in [0.29, 0.717) is 12.6 Å². The number of hydrogen-bond donors (Lipinski definition) is 2. The lowest BCUT2D eigenvalue weighted by molar-refractivity contribution is 0.401. The first kappa shape index (κ1) is 24.5. The number of rotatable bonds is 7. The molecule has 1 unspecified atom stereocenters. The predicted octanol–water partition coefficient (Wildman–Crippen LogP) is 4.01. The maximum atomic E-state index is 4.88. The van der Waals surface area contributed by atoms with E-state index in [1.165, 1.54) is 22.4 Å². The molecule has 3 rings (SSSR count). The van der Waals surface area contributed by atoms with Gasteiger partial charge in [-0.15, -0.1) is 24.0 Å². The SMILES string of the molecule is CCNC(=NCc1ccccc1CN(C)C)NC1CCN(c2ccc(C)cc2)C1.I. The molecule has 2 N–H and O–H groups in total. The minimum atomic E-state index is 0. The van der Waals surface area contributed by atoms with Crippen molar-refractivity contribution >= 4 is 35.6 Å². The third-order valence-electron chi connectivity index (χ3n) is 5.28. The molecule has 1 saturated heterocycles. The lowest BCUT2D eigenvalue weighted by Gasteiger charge is -2.21. The third-order valence-corrected chi connectivity index (χ3v) is 5.28. The van der Waals surface area contributed by atoms with Crippen LogP contribution in [0.3, 0.4) is 0 Å². The molecule has 2 aromatic carbocycles. The molecule has 1 heterocycles. The molecular weight excluding hydrogens is 485 g/mol. The Morgan fingerprint density at radius 2 is 1.80 bits per heavy atom. The van der Waals surface area contributed by atoms with Crippen molar-refractivity contribution in [1.82, 2.24) is 15.5 Å². The Balaban J connectivity index is 0.00000320. The molecule has 1 aliphatic rings. The average Bonchev–Trinajstić information content (AvgIpc) is 3.16. The van der Waals surface area contributed by atoms with Crippen molar-refractivity contribution in [3.8, 4) is 0 Å². The lowest BCUT2D eigenvalue weighted by atomic mass is 10.1. The Morgan fingerprint density at radius 3 is 2.47 bits per heavy atom. The van der Waals surface area contributed by atoms with Crippen molar-refractivity contribution in [3.63, 3.8) is 0 Å². The smallest absolute Gasteiger partial charge is 0.191 e. The van der Waals surface area contributed by atoms with Crippen LogP contribution < -0.4 is 15.5 Å². The van der Waals surface area contributed by atoms with Crippen molar-refractivity contribution < 1.29 is 0 Å². The molecular formula is C24H36IN5. The topological polar surface area (TPSA) is 42.9 Å². The first-order chi connectivity index (χ1) is 14.0. The molecule has 0 spiro atoms. The van der Waals surface area contributed by atoms with Gasteiger partial charge in [0.15, 0.2) is 5.96 Å². The van der Waals surface area contributed by atoms with Gasteiger partial charge in [0.2, 0.25) is 0 Å². The van der Waals surface area contributed by atoms with Crippen molar-refractivity contribution in [2.24, 2.45) is 4.99 Å². The van der Waals surface area contributed by atoms with Crippen LogP contribution in [0.5, 0.6) is 0 Å². The highest BCUT2D eigenvalue weighted by Gasteiger charge is 2.23. The minimum Gasteiger partial charge on any atom is -0.369 e. The summed E-state index contributed by atoms with van der Waals surface area (Å²) in [5.74, 6) is 0.905. The van der Waals surface area contributed by atoms with Gasteiger partial charge >= 0.3 is 0 Å². The van der Waals surface area contributed by atoms with Crippen LogP contribution in [0.15, 0.2) is 53.5 Å². The Hall–Kier alpha value is -1.80. The number of halogens is 1. The van der Waals surface area contributed by atoms with Crippen LogP contribution in [0.25, 0.3) is 0 Å². The molecule has 0 bridgehead atoms. The van der Waals surface area contributed by atoms with Crippen LogP contribution in [-0.2, 0) is 13.1 Å². The monoisotopic (exact) mass is 521 g/mol. The van der Waals surface area contributed by atoms with Gasteiger partial charge in [0.05, 0.1) is 6.54 Å². The molecule has 5 nitrogen and oxygen atoms in total. The second-order valence-electron chi connectivity index (χ2n) is 8.11. The zero-order valence-electron chi connectivity index (χ0n) is 18.7. The van der Waals surface area contributed by atoms with Crippen molar-refractivity contribution in [3.05, 3.63) is 65.2 Å². The molecule has 30 heavy (non-hydrogen) atoms. The van der Waals surface area contributed by atoms with Crippen LogP contribution in [-0.4, -0.2) is 50.6 Å². The van der Waals surface area contributed by atoms with Gasteiger partial charge in [0, 0.05) is 37.9 Å². The van der Waals surface area contributed by atoms with E-state index in [9.17, 15) is 0 Å². The van der Waals surface area contributed by atoms with E-state index in [1.54, 1.807) is 0 Å². The fourth-order valence-corrected chi connectivity index (χ4v) is 3.75. The summed E-state index contributed by atoms with van der Waals surface area (Å²) in [4.78, 5) is 9.53. The van der Waals surface area contributed by atoms with E-state index in [4.69, 9.17) is 4.99 Å². The quantitative estimate of drug-likeness (QED) is 0.329. The Kier molecular flexibility index (Phi) is 9.91. The summed E-state index contributed by atoms with van der Waals surface area (Å²) in [5.41, 5.74) is 5.23. The Labute approximate surface area is 199 Å². The van der Waals surface area contributed by atoms with Crippen LogP contribution in [0.1, 0.15) is 30.0 Å². The number of benzene rings is 2. The second kappa shape index (κ2) is 12.2. The molecule has 0 amide bonds. The van der Waals surface area contributed by atoms with Gasteiger partial charge < -0.3 is 20.4 Å². The number of anilines is 1. The molecule has 1 fully saturated rings. The van der Waals surface area contributed by atoms with Crippen LogP contribution in [0.2, 0.25) is 0 Å². The largest absolute Gasteiger partial charge is 0.369 e. The molecule has 1 aliphatic heterocycles. The van der Waals surface area contributed by atoms with Gasteiger partial charge in [-0.05, 0) is 57.6 Å². The maximum absolute atomic E-state index is 4.88. The second-order valence-corrected chi connectivity index (χ2v) is 8.11. The summed E-state index contributed by atoms with van der Waals surface area (Å²) in [7, 11) is 4.21. The van der Waals surface area contributed by atoms with Crippen LogP contribution in [0.4, 0.5) is 5.69 Å². The molecule has 164 valence electrons. The normalized spacial score (nSPS) is 16.5. The first-order valence-corrected chi connectivity index (χ1v) is 10.6. The van der Waals surface area contributed by atoms with E-state index in [-0.39, 0.29) is 24.0 Å². The molecule has 2 aromatic rings. The highest BCUT2D eigenvalue weighted by molar-refractivity contribution is 14.0. The summed E-state index contributed by atoms with van der Waals surface area (Å²) < 4.78 is 0. The molecule has 1 atom stereocenters. The van der Waals surface area contributed by atoms with E-state index >= 15 is 0 Å². The zero-order chi connectivity index (χ0) is 20.6. The summed E-state index contributed by atoms with van der Waals surface area (Å²) >= 11 is 0. The Bertz CT molecular complexity index is 803. The number of aryl methyl sites for hydroxylation is 1. The lowest BCUT2D eigenvalue weighted by Crippen LogP contribution is -2.44. The van der Waals surface area contributed by atoms with E-state index in [1.807, 2.05) is 0 Å². The van der Waals surface area contributed by atoms with Crippen LogP contribution in [0, 0.1) is 6.92 Å². The Morgan fingerprint density at radius 1 is 1.10 bits per heavy atom. The standard InChI is InChI=1S/C24H35N5.HI/c1-5-25-24(26-16-20-8-6-7-9-21(20)17-28(3)4)27-22-14-15-29(18-22)23-12-10-19(2)11-13-23;/h6-13,22H,5,14-18H2,1-4H3,(H2,25,26,27);1H. The number of nitrogens with zero attached hydrogens (tertiary/aromatic N) is 3. The summed E-state index contributed by atoms with van der Waals surface area (Å²) in [6.45, 7) is 8.81. The molecule has 0 radical (unpaired) electrons. The number of guanidine groups is 1. The van der Waals surface area contributed by atoms with E-state index in [0.717, 1.165) is 38.6 Å². The summed E-state index contributed by atoms with van der Waals surface area (Å²) in [5, 5.41) is 7.06. The fraction of sp³-hybridized carbons (Fsp3) is 0.458. The van der Waals surface area contributed by atoms with Gasteiger partial charge in [-0.25, -0.2) is 4.99 Å². The number of nitrogens with one attached hydrogen (secondary N) is 2. The third kappa shape index (κ3) is 7.16. The van der Waals surface area contributed by atoms with Crippen molar-refractivity contribution in [1.29, 1.82) is 0 Å². The molecule has 0 aliphatic carbocycles. The molecule has 0 aromatic heterocycles. The summed E-state index contributed by atoms with van der Waals surface area (Å²) in [6, 6.07) is 17.8. The molecule has 6 heteroatoms. The first-order valence-electron chi connectivity index (χ1n) is 10.6. The average molecular weight is 521 g/mol. The van der Waals surface area contributed by atoms with Gasteiger partial charge in [0.1, 0.15) is 0 Å². The summed E-state index contributed by atoms with van der Waals surface area (Å²) in [6.07, 6.45) is 1.12. The van der Waals surface area contributed by atoms with Gasteiger partial charge in [-0.3, -0.25) is 0 Å². The maximum Gasteiger partial charge on any atom is 0.191 e. The minimum absolute atomic E-state index is 0. The zero-order valence-corrected chi connectivity index (χ0v) is 21.0. The van der Waals surface area contributed by atoms with Crippen molar-refractivity contribution in [2.75, 3.05) is 38.6 Å². The van der Waals surface area contributed by atoms with Gasteiger partial charge in [-0.2, -0.15) is 0 Å². The van der Waals surface area contributed by atoms with Crippen molar-refractivity contribution in [2.45, 2.75) is 39.4 Å². The highest BCUT2D eigenvalue weighted by Crippen LogP contribution is 2.20. The van der Waals surface area contributed by atoms with E-state index in [2.05, 4.69) is 96.9 Å². The molecule has 0 saturated carbocycles. The predicted molar refractivity (Wildman–Crippen MR) is 139 cm³/mol.